The molecule has 0 saturated carbocycles. The molecule has 0 N–H and O–H groups in total. The van der Waals surface area contributed by atoms with Crippen LogP contribution < -0.4 is 0 Å². The molecule has 4 nitrogen and oxygen atoms in total. The highest BCUT2D eigenvalue weighted by Gasteiger charge is 2.12. The van der Waals surface area contributed by atoms with Crippen LogP contribution in [0.15, 0.2) is 17.3 Å². The molecular weight excluding hydrogens is 142 g/mol. The minimum Gasteiger partial charge on any atom is -0.306 e. The molecular formula is C7H7N3O. The first-order valence-corrected chi connectivity index (χ1v) is 3.14. The molecule has 0 atom stereocenters. The van der Waals surface area contributed by atoms with Crippen LogP contribution in [0.2, 0.25) is 0 Å². The third-order valence-corrected chi connectivity index (χ3v) is 1.23. The summed E-state index contributed by atoms with van der Waals surface area (Å²) in [6.45, 7) is 6.71. The van der Waals surface area contributed by atoms with Crippen molar-refractivity contribution < 1.29 is 4.79 Å². The lowest BCUT2D eigenvalue weighted by Gasteiger charge is -2.13. The van der Waals surface area contributed by atoms with E-state index < -0.39 is 0 Å². The van der Waals surface area contributed by atoms with E-state index in [1.54, 1.807) is 18.5 Å². The smallest absolute Gasteiger partial charge is 0.306 e. The van der Waals surface area contributed by atoms with Crippen LogP contribution in [-0.4, -0.2) is 30.2 Å². The maximum Gasteiger partial charge on any atom is 0.308 e. The van der Waals surface area contributed by atoms with Gasteiger partial charge in [-0.15, -0.1) is 0 Å². The van der Waals surface area contributed by atoms with Gasteiger partial charge in [0.15, 0.2) is 0 Å². The topological polar surface area (TPSA) is 37.0 Å². The normalized spacial score (nSPS) is 14.6. The van der Waals surface area contributed by atoms with Crippen molar-refractivity contribution in [1.82, 2.24) is 4.90 Å². The molecule has 1 heterocycles. The molecule has 0 aromatic rings. The Labute approximate surface area is 64.7 Å². The third kappa shape index (κ3) is 1.90. The van der Waals surface area contributed by atoms with Crippen molar-refractivity contribution in [2.45, 2.75) is 0 Å². The maximum absolute atomic E-state index is 11.0. The third-order valence-electron chi connectivity index (χ3n) is 1.23. The van der Waals surface area contributed by atoms with Gasteiger partial charge in [0, 0.05) is 12.4 Å². The molecule has 1 rings (SSSR count). The van der Waals surface area contributed by atoms with Crippen molar-refractivity contribution in [3.63, 3.8) is 0 Å². The second kappa shape index (κ2) is 3.52. The SMILES string of the molecule is [C-]#[N+]CC(=O)N1C=CC=NC1. The summed E-state index contributed by atoms with van der Waals surface area (Å²) in [6, 6.07) is 0. The number of nitrogens with zero attached hydrogens (tertiary/aromatic N) is 3. The standard InChI is InChI=1S/C7H7N3O/c1-8-5-7(11)10-4-2-3-9-6-10/h2-4H,5-6H2. The molecule has 0 unspecified atom stereocenters. The number of carbonyl (C=O) groups is 1. The van der Waals surface area contributed by atoms with Crippen LogP contribution >= 0.6 is 0 Å². The van der Waals surface area contributed by atoms with Crippen LogP contribution in [0.4, 0.5) is 0 Å². The largest absolute Gasteiger partial charge is 0.308 e. The van der Waals surface area contributed by atoms with Gasteiger partial charge >= 0.3 is 5.91 Å². The Balaban J connectivity index is 2.50. The zero-order chi connectivity index (χ0) is 8.10. The molecule has 1 amide bonds. The Morgan fingerprint density at radius 2 is 2.64 bits per heavy atom. The highest BCUT2D eigenvalue weighted by Crippen LogP contribution is 1.96. The maximum atomic E-state index is 11.0. The molecule has 0 aromatic heterocycles. The summed E-state index contributed by atoms with van der Waals surface area (Å²) in [5.41, 5.74) is 0. The Bertz CT molecular complexity index is 249. The van der Waals surface area contributed by atoms with Crippen LogP contribution in [0, 0.1) is 6.57 Å². The van der Waals surface area contributed by atoms with Gasteiger partial charge in [0.25, 0.3) is 6.54 Å². The number of amides is 1. The Hall–Kier alpha value is -1.63. The molecule has 0 aromatic carbocycles. The van der Waals surface area contributed by atoms with Crippen molar-refractivity contribution in [3.8, 4) is 0 Å². The summed E-state index contributed by atoms with van der Waals surface area (Å²) < 4.78 is 0. The summed E-state index contributed by atoms with van der Waals surface area (Å²) in [6.07, 6.45) is 4.92. The average molecular weight is 149 g/mol. The number of hydrogen-bond donors (Lipinski definition) is 0. The van der Waals surface area contributed by atoms with Gasteiger partial charge in [0.1, 0.15) is 6.67 Å². The molecule has 0 spiro atoms. The molecule has 0 saturated heterocycles. The van der Waals surface area contributed by atoms with Crippen molar-refractivity contribution >= 4 is 12.1 Å². The summed E-state index contributed by atoms with van der Waals surface area (Å²) in [5.74, 6) is -0.201. The van der Waals surface area contributed by atoms with E-state index in [0.717, 1.165) is 0 Å². The first-order chi connectivity index (χ1) is 5.34. The molecule has 56 valence electrons. The lowest BCUT2D eigenvalue weighted by atomic mass is 10.5. The molecule has 0 radical (unpaired) electrons. The number of rotatable bonds is 1. The van der Waals surface area contributed by atoms with Crippen molar-refractivity contribution in [2.24, 2.45) is 4.99 Å². The zero-order valence-electron chi connectivity index (χ0n) is 5.90. The van der Waals surface area contributed by atoms with Gasteiger partial charge in [-0.1, -0.05) is 0 Å². The highest BCUT2D eigenvalue weighted by molar-refractivity contribution is 5.83. The Morgan fingerprint density at radius 3 is 3.18 bits per heavy atom. The minimum absolute atomic E-state index is 0.0974. The second-order valence-electron chi connectivity index (χ2n) is 1.99. The predicted octanol–water partition coefficient (Wildman–Crippen LogP) is 0.290. The predicted molar refractivity (Wildman–Crippen MR) is 40.8 cm³/mol. The van der Waals surface area contributed by atoms with Crippen LogP contribution in [-0.2, 0) is 4.79 Å². The molecule has 0 aliphatic carbocycles. The summed E-state index contributed by atoms with van der Waals surface area (Å²) >= 11 is 0. The first-order valence-electron chi connectivity index (χ1n) is 3.14. The fraction of sp³-hybridized carbons (Fsp3) is 0.286. The van der Waals surface area contributed by atoms with Crippen LogP contribution in [0.5, 0.6) is 0 Å². The van der Waals surface area contributed by atoms with Gasteiger partial charge in [-0.2, -0.15) is 0 Å². The fourth-order valence-corrected chi connectivity index (χ4v) is 0.706. The first kappa shape index (κ1) is 7.48. The molecule has 11 heavy (non-hydrogen) atoms. The number of allylic oxidation sites excluding steroid dienone is 1. The summed E-state index contributed by atoms with van der Waals surface area (Å²) in [7, 11) is 0. The van der Waals surface area contributed by atoms with Gasteiger partial charge in [0.2, 0.25) is 0 Å². The van der Waals surface area contributed by atoms with Gasteiger partial charge < -0.3 is 4.85 Å². The van der Waals surface area contributed by atoms with E-state index in [2.05, 4.69) is 9.84 Å². The lowest BCUT2D eigenvalue weighted by Crippen LogP contribution is -2.28. The molecule has 1 aliphatic rings. The molecule has 1 aliphatic heterocycles. The van der Waals surface area contributed by atoms with Gasteiger partial charge in [-0.3, -0.25) is 14.7 Å². The average Bonchev–Trinajstić information content (AvgIpc) is 2.07. The number of carbonyl (C=O) groups excluding carboxylic acids is 1. The Morgan fingerprint density at radius 1 is 1.82 bits per heavy atom. The minimum atomic E-state index is -0.201. The van der Waals surface area contributed by atoms with E-state index in [1.807, 2.05) is 0 Å². The van der Waals surface area contributed by atoms with Crippen LogP contribution in [0.1, 0.15) is 0 Å². The molecule has 0 fully saturated rings. The van der Waals surface area contributed by atoms with Crippen molar-refractivity contribution in [3.05, 3.63) is 23.7 Å². The lowest BCUT2D eigenvalue weighted by molar-refractivity contribution is -0.126. The van der Waals surface area contributed by atoms with E-state index in [-0.39, 0.29) is 12.5 Å². The van der Waals surface area contributed by atoms with Gasteiger partial charge in [-0.05, 0) is 6.08 Å². The zero-order valence-corrected chi connectivity index (χ0v) is 5.90. The second-order valence-corrected chi connectivity index (χ2v) is 1.99. The van der Waals surface area contributed by atoms with E-state index >= 15 is 0 Å². The van der Waals surface area contributed by atoms with Gasteiger partial charge in [0.05, 0.1) is 0 Å². The fourth-order valence-electron chi connectivity index (χ4n) is 0.706. The molecule has 4 heteroatoms. The monoisotopic (exact) mass is 149 g/mol. The van der Waals surface area contributed by atoms with E-state index in [0.29, 0.717) is 6.67 Å². The van der Waals surface area contributed by atoms with E-state index in [9.17, 15) is 4.79 Å². The molecule has 0 bridgehead atoms. The highest BCUT2D eigenvalue weighted by atomic mass is 16.2. The quantitative estimate of drug-likeness (QED) is 0.494. The summed E-state index contributed by atoms with van der Waals surface area (Å²) in [5, 5.41) is 0. The van der Waals surface area contributed by atoms with Crippen LogP contribution in [0.3, 0.4) is 0 Å². The summed E-state index contributed by atoms with van der Waals surface area (Å²) in [4.78, 5) is 19.2. The van der Waals surface area contributed by atoms with Crippen molar-refractivity contribution in [2.75, 3.05) is 13.2 Å². The van der Waals surface area contributed by atoms with E-state index in [1.165, 1.54) is 4.90 Å². The number of aliphatic imine (C=N–C) groups is 1. The van der Waals surface area contributed by atoms with Crippen LogP contribution in [0.25, 0.3) is 4.85 Å². The van der Waals surface area contributed by atoms with Crippen molar-refractivity contribution in [1.29, 1.82) is 0 Å². The number of hydrogen-bond acceptors (Lipinski definition) is 2. The van der Waals surface area contributed by atoms with E-state index in [4.69, 9.17) is 6.57 Å². The van der Waals surface area contributed by atoms with Gasteiger partial charge in [-0.25, -0.2) is 6.57 Å². The Kier molecular flexibility index (Phi) is 2.39.